The molecule has 0 aliphatic carbocycles. The maximum atomic E-state index is 13.8. The summed E-state index contributed by atoms with van der Waals surface area (Å²) in [5.41, 5.74) is -0.302. The lowest BCUT2D eigenvalue weighted by molar-refractivity contribution is -0.137. The number of benzene rings is 2. The Morgan fingerprint density at radius 1 is 1.06 bits per heavy atom. The molecule has 10 heteroatoms. The standard InChI is InChI=1S/C26H18ClF3N4O2/c1-15-3-4-18(16(2)11-15)14-34-22(12-21(26(28,29)30)20(13-31)25(34)35)17-5-7-19(8-6-17)36-24-23(27)32-9-10-33-24/h3-12H,14H2,1-2H3. The number of hydrogen-bond donors (Lipinski definition) is 0. The molecule has 4 rings (SSSR count). The summed E-state index contributed by atoms with van der Waals surface area (Å²) in [6.45, 7) is 3.75. The van der Waals surface area contributed by atoms with Gasteiger partial charge in [-0.25, -0.2) is 9.97 Å². The molecule has 0 amide bonds. The maximum Gasteiger partial charge on any atom is 0.417 e. The highest BCUT2D eigenvalue weighted by molar-refractivity contribution is 6.30. The number of hydrogen-bond acceptors (Lipinski definition) is 5. The number of pyridine rings is 1. The Balaban J connectivity index is 1.84. The maximum absolute atomic E-state index is 13.8. The number of rotatable bonds is 5. The Hall–Kier alpha value is -4.16. The van der Waals surface area contributed by atoms with E-state index >= 15 is 0 Å². The Morgan fingerprint density at radius 2 is 1.75 bits per heavy atom. The average Bonchev–Trinajstić information content (AvgIpc) is 2.83. The lowest BCUT2D eigenvalue weighted by Crippen LogP contribution is -2.29. The number of aromatic nitrogens is 3. The fourth-order valence-corrected chi connectivity index (χ4v) is 3.89. The number of ether oxygens (including phenoxy) is 1. The third kappa shape index (κ3) is 5.09. The van der Waals surface area contributed by atoms with Crippen molar-refractivity contribution < 1.29 is 17.9 Å². The summed E-state index contributed by atoms with van der Waals surface area (Å²) < 4.78 is 48.1. The van der Waals surface area contributed by atoms with Gasteiger partial charge < -0.3 is 9.30 Å². The van der Waals surface area contributed by atoms with E-state index in [0.717, 1.165) is 22.8 Å². The van der Waals surface area contributed by atoms with Crippen molar-refractivity contribution in [2.24, 2.45) is 0 Å². The van der Waals surface area contributed by atoms with Crippen molar-refractivity contribution in [1.82, 2.24) is 14.5 Å². The van der Waals surface area contributed by atoms with E-state index in [1.54, 1.807) is 0 Å². The van der Waals surface area contributed by atoms with E-state index < -0.39 is 22.9 Å². The van der Waals surface area contributed by atoms with Crippen LogP contribution in [0.3, 0.4) is 0 Å². The normalized spacial score (nSPS) is 11.2. The molecule has 4 aromatic rings. The SMILES string of the molecule is Cc1ccc(Cn2c(-c3ccc(Oc4nccnc4Cl)cc3)cc(C(F)(F)F)c(C#N)c2=O)c(C)c1. The molecular formula is C26H18ClF3N4O2. The second-order valence-corrected chi connectivity index (χ2v) is 8.39. The minimum Gasteiger partial charge on any atom is -0.436 e. The van der Waals surface area contributed by atoms with Crippen LogP contribution in [0.1, 0.15) is 27.8 Å². The molecular weight excluding hydrogens is 493 g/mol. The smallest absolute Gasteiger partial charge is 0.417 e. The molecule has 0 spiro atoms. The summed E-state index contributed by atoms with van der Waals surface area (Å²) in [5.74, 6) is 0.380. The van der Waals surface area contributed by atoms with Gasteiger partial charge in [-0.05, 0) is 60.9 Å². The molecule has 0 saturated carbocycles. The van der Waals surface area contributed by atoms with Gasteiger partial charge in [-0.2, -0.15) is 18.4 Å². The van der Waals surface area contributed by atoms with Crippen molar-refractivity contribution >= 4 is 11.6 Å². The molecule has 2 aromatic carbocycles. The van der Waals surface area contributed by atoms with Gasteiger partial charge in [0.2, 0.25) is 0 Å². The second-order valence-electron chi connectivity index (χ2n) is 8.03. The molecule has 0 saturated heterocycles. The monoisotopic (exact) mass is 510 g/mol. The van der Waals surface area contributed by atoms with Crippen LogP contribution >= 0.6 is 11.6 Å². The summed E-state index contributed by atoms with van der Waals surface area (Å²) in [4.78, 5) is 21.0. The highest BCUT2D eigenvalue weighted by Crippen LogP contribution is 2.34. The first-order chi connectivity index (χ1) is 17.1. The predicted octanol–water partition coefficient (Wildman–Crippen LogP) is 6.31. The van der Waals surface area contributed by atoms with Gasteiger partial charge in [0.15, 0.2) is 5.15 Å². The third-order valence-corrected chi connectivity index (χ3v) is 5.79. The first-order valence-electron chi connectivity index (χ1n) is 10.6. The molecule has 0 aliphatic rings. The zero-order valence-electron chi connectivity index (χ0n) is 19.1. The van der Waals surface area contributed by atoms with Crippen molar-refractivity contribution in [2.45, 2.75) is 26.6 Å². The van der Waals surface area contributed by atoms with Gasteiger partial charge in [0.25, 0.3) is 11.4 Å². The number of alkyl halides is 3. The van der Waals surface area contributed by atoms with E-state index in [0.29, 0.717) is 11.3 Å². The topological polar surface area (TPSA) is 80.8 Å². The van der Waals surface area contributed by atoms with Crippen molar-refractivity contribution in [2.75, 3.05) is 0 Å². The molecule has 0 N–H and O–H groups in total. The summed E-state index contributed by atoms with van der Waals surface area (Å²) in [7, 11) is 0. The molecule has 2 aromatic heterocycles. The fraction of sp³-hybridized carbons (Fsp3) is 0.154. The quantitative estimate of drug-likeness (QED) is 0.314. The summed E-state index contributed by atoms with van der Waals surface area (Å²) in [5, 5.41) is 9.45. The number of aryl methyl sites for hydroxylation is 2. The van der Waals surface area contributed by atoms with Crippen molar-refractivity contribution in [1.29, 1.82) is 5.26 Å². The van der Waals surface area contributed by atoms with Gasteiger partial charge in [-0.15, -0.1) is 0 Å². The van der Waals surface area contributed by atoms with E-state index in [2.05, 4.69) is 9.97 Å². The van der Waals surface area contributed by atoms with Gasteiger partial charge in [0.1, 0.15) is 17.4 Å². The molecule has 182 valence electrons. The molecule has 36 heavy (non-hydrogen) atoms. The van der Waals surface area contributed by atoms with Crippen LogP contribution in [0.15, 0.2) is 65.7 Å². The molecule has 0 radical (unpaired) electrons. The van der Waals surface area contributed by atoms with Crippen LogP contribution in [0.5, 0.6) is 11.6 Å². The van der Waals surface area contributed by atoms with E-state index in [1.165, 1.54) is 47.3 Å². The molecule has 6 nitrogen and oxygen atoms in total. The first kappa shape index (κ1) is 24.9. The molecule has 0 aliphatic heterocycles. The van der Waals surface area contributed by atoms with Gasteiger partial charge >= 0.3 is 6.18 Å². The molecule has 0 fully saturated rings. The van der Waals surface area contributed by atoms with E-state index in [-0.39, 0.29) is 23.3 Å². The largest absolute Gasteiger partial charge is 0.436 e. The minimum absolute atomic E-state index is 0.00962. The van der Waals surface area contributed by atoms with Crippen LogP contribution in [0.2, 0.25) is 5.15 Å². The van der Waals surface area contributed by atoms with Crippen molar-refractivity contribution in [3.05, 3.63) is 104 Å². The van der Waals surface area contributed by atoms with Crippen LogP contribution in [0.4, 0.5) is 13.2 Å². The van der Waals surface area contributed by atoms with E-state index in [4.69, 9.17) is 16.3 Å². The predicted molar refractivity (Wildman–Crippen MR) is 128 cm³/mol. The third-order valence-electron chi connectivity index (χ3n) is 5.53. The highest BCUT2D eigenvalue weighted by atomic mass is 35.5. The average molecular weight is 511 g/mol. The summed E-state index contributed by atoms with van der Waals surface area (Å²) in [6.07, 6.45) is -2.09. The fourth-order valence-electron chi connectivity index (χ4n) is 3.75. The number of nitrogens with zero attached hydrogens (tertiary/aromatic N) is 4. The second kappa shape index (κ2) is 9.84. The van der Waals surface area contributed by atoms with Gasteiger partial charge in [-0.1, -0.05) is 35.4 Å². The van der Waals surface area contributed by atoms with Crippen LogP contribution in [-0.4, -0.2) is 14.5 Å². The number of nitriles is 1. The summed E-state index contributed by atoms with van der Waals surface area (Å²) in [6, 6.07) is 13.9. The lowest BCUT2D eigenvalue weighted by Gasteiger charge is -2.19. The van der Waals surface area contributed by atoms with Gasteiger partial charge in [-0.3, -0.25) is 4.79 Å². The number of halogens is 4. The Labute approximate surface area is 209 Å². The van der Waals surface area contributed by atoms with Crippen molar-refractivity contribution in [3.8, 4) is 29.0 Å². The molecule has 2 heterocycles. The van der Waals surface area contributed by atoms with E-state index in [1.807, 2.05) is 32.0 Å². The van der Waals surface area contributed by atoms with Crippen LogP contribution < -0.4 is 10.3 Å². The lowest BCUT2D eigenvalue weighted by atomic mass is 10.0. The minimum atomic E-state index is -4.89. The van der Waals surface area contributed by atoms with Crippen LogP contribution in [0, 0.1) is 25.2 Å². The molecule has 0 atom stereocenters. The first-order valence-corrected chi connectivity index (χ1v) is 11.0. The van der Waals surface area contributed by atoms with Crippen molar-refractivity contribution in [3.63, 3.8) is 0 Å². The molecule has 0 bridgehead atoms. The van der Waals surface area contributed by atoms with Crippen LogP contribution in [0.25, 0.3) is 11.3 Å². The van der Waals surface area contributed by atoms with Crippen LogP contribution in [-0.2, 0) is 12.7 Å². The van der Waals surface area contributed by atoms with Gasteiger partial charge in [0.05, 0.1) is 17.8 Å². The highest BCUT2D eigenvalue weighted by Gasteiger charge is 2.36. The van der Waals surface area contributed by atoms with Gasteiger partial charge in [0, 0.05) is 12.4 Å². The zero-order chi connectivity index (χ0) is 26.0. The summed E-state index contributed by atoms with van der Waals surface area (Å²) >= 11 is 5.96. The Bertz CT molecular complexity index is 1540. The molecule has 0 unspecified atom stereocenters. The van der Waals surface area contributed by atoms with E-state index in [9.17, 15) is 23.2 Å². The Kier molecular flexibility index (Phi) is 6.82. The Morgan fingerprint density at radius 3 is 2.36 bits per heavy atom. The zero-order valence-corrected chi connectivity index (χ0v) is 19.9.